The minimum absolute atomic E-state index is 0.673. The molecule has 0 amide bonds. The maximum atomic E-state index is 10.1. The summed E-state index contributed by atoms with van der Waals surface area (Å²) in [6.45, 7) is 3.98. The normalized spacial score (nSPS) is 25.0. The molecule has 0 radical (unpaired) electrons. The summed E-state index contributed by atoms with van der Waals surface area (Å²) < 4.78 is 0. The first-order valence-corrected chi connectivity index (χ1v) is 7.45. The van der Waals surface area contributed by atoms with Gasteiger partial charge in [-0.05, 0) is 31.4 Å². The van der Waals surface area contributed by atoms with E-state index in [1.54, 1.807) is 0 Å². The van der Waals surface area contributed by atoms with E-state index in [-0.39, 0.29) is 0 Å². The van der Waals surface area contributed by atoms with Crippen molar-refractivity contribution in [1.29, 1.82) is 0 Å². The lowest BCUT2D eigenvalue weighted by molar-refractivity contribution is 0.365. The standard InChI is InChI=1S/C15H29NO/c1-2-16-13-14-11-9-7-5-3-4-6-8-10-12-15(14)17/h16-17H,2-13H2,1H3/b15-14-. The maximum absolute atomic E-state index is 10.1. The molecule has 0 aromatic rings. The van der Waals surface area contributed by atoms with E-state index in [2.05, 4.69) is 12.2 Å². The molecule has 0 unspecified atom stereocenters. The molecular formula is C15H29NO. The number of likely N-dealkylation sites (N-methyl/N-ethyl adjacent to an activating group) is 1. The lowest BCUT2D eigenvalue weighted by atomic mass is 9.99. The van der Waals surface area contributed by atoms with Crippen LogP contribution in [0, 0.1) is 0 Å². The van der Waals surface area contributed by atoms with Gasteiger partial charge < -0.3 is 10.4 Å². The van der Waals surface area contributed by atoms with Gasteiger partial charge in [0, 0.05) is 13.0 Å². The largest absolute Gasteiger partial charge is 0.512 e. The summed E-state index contributed by atoms with van der Waals surface area (Å²) in [5.41, 5.74) is 1.26. The summed E-state index contributed by atoms with van der Waals surface area (Å²) >= 11 is 0. The van der Waals surface area contributed by atoms with E-state index in [9.17, 15) is 5.11 Å². The van der Waals surface area contributed by atoms with Crippen molar-refractivity contribution in [3.05, 3.63) is 11.3 Å². The van der Waals surface area contributed by atoms with Crippen molar-refractivity contribution < 1.29 is 5.11 Å². The number of rotatable bonds is 3. The molecule has 0 saturated carbocycles. The molecule has 0 heterocycles. The highest BCUT2D eigenvalue weighted by molar-refractivity contribution is 5.09. The molecule has 1 aliphatic carbocycles. The fourth-order valence-corrected chi connectivity index (χ4v) is 2.48. The van der Waals surface area contributed by atoms with Crippen LogP contribution < -0.4 is 5.32 Å². The first kappa shape index (κ1) is 14.6. The van der Waals surface area contributed by atoms with Gasteiger partial charge >= 0.3 is 0 Å². The van der Waals surface area contributed by atoms with Crippen LogP contribution in [0.15, 0.2) is 11.3 Å². The van der Waals surface area contributed by atoms with Crippen molar-refractivity contribution in [2.75, 3.05) is 13.1 Å². The van der Waals surface area contributed by atoms with Crippen molar-refractivity contribution in [2.24, 2.45) is 0 Å². The Morgan fingerprint density at radius 2 is 1.41 bits per heavy atom. The predicted molar refractivity (Wildman–Crippen MR) is 74.4 cm³/mol. The summed E-state index contributed by atoms with van der Waals surface area (Å²) in [4.78, 5) is 0. The zero-order valence-electron chi connectivity index (χ0n) is 11.4. The van der Waals surface area contributed by atoms with Crippen LogP contribution in [0.1, 0.15) is 71.1 Å². The van der Waals surface area contributed by atoms with Gasteiger partial charge in [-0.3, -0.25) is 0 Å². The first-order chi connectivity index (χ1) is 8.34. The Morgan fingerprint density at radius 1 is 0.882 bits per heavy atom. The molecule has 0 saturated heterocycles. The average molecular weight is 239 g/mol. The van der Waals surface area contributed by atoms with E-state index in [1.807, 2.05) is 0 Å². The third-order valence-electron chi connectivity index (χ3n) is 3.64. The van der Waals surface area contributed by atoms with E-state index < -0.39 is 0 Å². The number of allylic oxidation sites excluding steroid dienone is 1. The molecular weight excluding hydrogens is 210 g/mol. The van der Waals surface area contributed by atoms with Crippen LogP contribution in [0.4, 0.5) is 0 Å². The summed E-state index contributed by atoms with van der Waals surface area (Å²) in [5, 5.41) is 13.5. The lowest BCUT2D eigenvalue weighted by Crippen LogP contribution is -2.17. The third-order valence-corrected chi connectivity index (χ3v) is 3.64. The molecule has 1 rings (SSSR count). The van der Waals surface area contributed by atoms with E-state index >= 15 is 0 Å². The van der Waals surface area contributed by atoms with Gasteiger partial charge in [-0.25, -0.2) is 0 Å². The zero-order valence-corrected chi connectivity index (χ0v) is 11.4. The molecule has 2 nitrogen and oxygen atoms in total. The van der Waals surface area contributed by atoms with Crippen molar-refractivity contribution >= 4 is 0 Å². The smallest absolute Gasteiger partial charge is 0.0927 e. The van der Waals surface area contributed by atoms with Crippen molar-refractivity contribution in [1.82, 2.24) is 5.32 Å². The molecule has 0 aromatic heterocycles. The van der Waals surface area contributed by atoms with Crippen LogP contribution in [-0.2, 0) is 0 Å². The van der Waals surface area contributed by atoms with Gasteiger partial charge in [-0.2, -0.15) is 0 Å². The Balaban J connectivity index is 2.47. The van der Waals surface area contributed by atoms with Crippen LogP contribution in [0.5, 0.6) is 0 Å². The SMILES string of the molecule is CCNC/C1=C(\O)CCCCCCCCCC1. The third kappa shape index (κ3) is 6.72. The van der Waals surface area contributed by atoms with Gasteiger partial charge in [-0.1, -0.05) is 45.4 Å². The number of hydrogen-bond donors (Lipinski definition) is 2. The van der Waals surface area contributed by atoms with Crippen LogP contribution in [0.2, 0.25) is 0 Å². The Morgan fingerprint density at radius 3 is 2.00 bits per heavy atom. The van der Waals surface area contributed by atoms with Crippen LogP contribution in [-0.4, -0.2) is 18.2 Å². The fraction of sp³-hybridized carbons (Fsp3) is 0.867. The Labute approximate surface area is 106 Å². The summed E-state index contributed by atoms with van der Waals surface area (Å²) in [6.07, 6.45) is 12.5. The van der Waals surface area contributed by atoms with Gasteiger partial charge in [-0.15, -0.1) is 0 Å². The van der Waals surface area contributed by atoms with Crippen LogP contribution >= 0.6 is 0 Å². The number of hydrogen-bond acceptors (Lipinski definition) is 2. The minimum Gasteiger partial charge on any atom is -0.512 e. The average Bonchev–Trinajstić information content (AvgIpc) is 2.33. The molecule has 0 fully saturated rings. The quantitative estimate of drug-likeness (QED) is 0.768. The summed E-state index contributed by atoms with van der Waals surface area (Å²) in [7, 11) is 0. The highest BCUT2D eigenvalue weighted by atomic mass is 16.3. The Hall–Kier alpha value is -0.500. The number of aliphatic hydroxyl groups is 1. The van der Waals surface area contributed by atoms with E-state index in [0.29, 0.717) is 5.76 Å². The molecule has 2 heteroatoms. The second-order valence-corrected chi connectivity index (χ2v) is 5.16. The molecule has 0 bridgehead atoms. The van der Waals surface area contributed by atoms with Crippen LogP contribution in [0.25, 0.3) is 0 Å². The first-order valence-electron chi connectivity index (χ1n) is 7.45. The van der Waals surface area contributed by atoms with Gasteiger partial charge in [0.05, 0.1) is 5.76 Å². The Bertz CT molecular complexity index is 223. The molecule has 0 aliphatic heterocycles. The maximum Gasteiger partial charge on any atom is 0.0927 e. The van der Waals surface area contributed by atoms with Gasteiger partial charge in [0.2, 0.25) is 0 Å². The molecule has 0 atom stereocenters. The lowest BCUT2D eigenvalue weighted by Gasteiger charge is -2.13. The molecule has 2 N–H and O–H groups in total. The fourth-order valence-electron chi connectivity index (χ4n) is 2.48. The molecule has 17 heavy (non-hydrogen) atoms. The molecule has 1 aliphatic rings. The van der Waals surface area contributed by atoms with Gasteiger partial charge in [0.1, 0.15) is 0 Å². The molecule has 0 spiro atoms. The summed E-state index contributed by atoms with van der Waals surface area (Å²) in [5.74, 6) is 0.673. The predicted octanol–water partition coefficient (Wildman–Crippen LogP) is 4.32. The van der Waals surface area contributed by atoms with E-state index in [4.69, 9.17) is 0 Å². The second kappa shape index (κ2) is 9.52. The van der Waals surface area contributed by atoms with Crippen molar-refractivity contribution in [3.8, 4) is 0 Å². The van der Waals surface area contributed by atoms with Crippen molar-refractivity contribution in [3.63, 3.8) is 0 Å². The monoisotopic (exact) mass is 239 g/mol. The Kier molecular flexibility index (Phi) is 8.16. The van der Waals surface area contributed by atoms with Crippen molar-refractivity contribution in [2.45, 2.75) is 71.1 Å². The number of nitrogens with one attached hydrogen (secondary N) is 1. The molecule has 100 valence electrons. The molecule has 0 aromatic carbocycles. The second-order valence-electron chi connectivity index (χ2n) is 5.16. The topological polar surface area (TPSA) is 32.3 Å². The van der Waals surface area contributed by atoms with E-state index in [0.717, 1.165) is 32.4 Å². The van der Waals surface area contributed by atoms with Crippen LogP contribution in [0.3, 0.4) is 0 Å². The highest BCUT2D eigenvalue weighted by Crippen LogP contribution is 2.19. The minimum atomic E-state index is 0.673. The van der Waals surface area contributed by atoms with E-state index in [1.165, 1.54) is 50.5 Å². The summed E-state index contributed by atoms with van der Waals surface area (Å²) in [6, 6.07) is 0. The zero-order chi connectivity index (χ0) is 12.3. The number of aliphatic hydroxyl groups excluding tert-OH is 1. The van der Waals surface area contributed by atoms with Gasteiger partial charge in [0.15, 0.2) is 0 Å². The highest BCUT2D eigenvalue weighted by Gasteiger charge is 2.06. The van der Waals surface area contributed by atoms with Gasteiger partial charge in [0.25, 0.3) is 0 Å².